The zero-order chi connectivity index (χ0) is 12.8. The predicted octanol–water partition coefficient (Wildman–Crippen LogP) is 3.66. The predicted molar refractivity (Wildman–Crippen MR) is 77.1 cm³/mol. The number of aromatic nitrogens is 2. The SMILES string of the molecule is CCCOc1ccc(Oc2ncncc2I)cc1. The summed E-state index contributed by atoms with van der Waals surface area (Å²) in [5.41, 5.74) is 0. The van der Waals surface area contributed by atoms with E-state index < -0.39 is 0 Å². The van der Waals surface area contributed by atoms with Gasteiger partial charge in [-0.2, -0.15) is 0 Å². The fraction of sp³-hybridized carbons (Fsp3) is 0.231. The van der Waals surface area contributed by atoms with Crippen LogP contribution in [0.2, 0.25) is 0 Å². The van der Waals surface area contributed by atoms with Crippen LogP contribution in [0.5, 0.6) is 17.4 Å². The van der Waals surface area contributed by atoms with Crippen LogP contribution in [-0.4, -0.2) is 16.6 Å². The van der Waals surface area contributed by atoms with Gasteiger partial charge in [0.25, 0.3) is 0 Å². The van der Waals surface area contributed by atoms with E-state index >= 15 is 0 Å². The van der Waals surface area contributed by atoms with Gasteiger partial charge in [0.05, 0.1) is 10.2 Å². The lowest BCUT2D eigenvalue weighted by Crippen LogP contribution is -1.95. The second-order valence-electron chi connectivity index (χ2n) is 3.60. The summed E-state index contributed by atoms with van der Waals surface area (Å²) in [6.45, 7) is 2.80. The van der Waals surface area contributed by atoms with Gasteiger partial charge in [-0.1, -0.05) is 6.92 Å². The van der Waals surface area contributed by atoms with Crippen molar-refractivity contribution in [1.82, 2.24) is 9.97 Å². The molecule has 18 heavy (non-hydrogen) atoms. The summed E-state index contributed by atoms with van der Waals surface area (Å²) in [6, 6.07) is 7.50. The van der Waals surface area contributed by atoms with Crippen molar-refractivity contribution in [3.05, 3.63) is 40.4 Å². The molecule has 0 unspecified atom stereocenters. The molecule has 0 radical (unpaired) electrons. The first kappa shape index (κ1) is 13.1. The van der Waals surface area contributed by atoms with E-state index in [0.717, 1.165) is 28.1 Å². The molecule has 1 aromatic carbocycles. The van der Waals surface area contributed by atoms with Gasteiger partial charge in [-0.3, -0.25) is 0 Å². The van der Waals surface area contributed by atoms with Crippen molar-refractivity contribution in [2.75, 3.05) is 6.61 Å². The highest BCUT2D eigenvalue weighted by Gasteiger charge is 2.03. The summed E-state index contributed by atoms with van der Waals surface area (Å²) >= 11 is 2.14. The van der Waals surface area contributed by atoms with Crippen molar-refractivity contribution in [3.8, 4) is 17.4 Å². The first-order chi connectivity index (χ1) is 8.79. The number of benzene rings is 1. The van der Waals surface area contributed by atoms with E-state index in [1.165, 1.54) is 6.33 Å². The quantitative estimate of drug-likeness (QED) is 0.767. The highest BCUT2D eigenvalue weighted by Crippen LogP contribution is 2.25. The molecule has 1 heterocycles. The average Bonchev–Trinajstić information content (AvgIpc) is 2.41. The summed E-state index contributed by atoms with van der Waals surface area (Å²) in [5, 5.41) is 0. The zero-order valence-electron chi connectivity index (χ0n) is 9.97. The minimum atomic E-state index is 0.563. The largest absolute Gasteiger partial charge is 0.494 e. The number of hydrogen-bond donors (Lipinski definition) is 0. The van der Waals surface area contributed by atoms with E-state index in [-0.39, 0.29) is 0 Å². The van der Waals surface area contributed by atoms with Crippen LogP contribution in [0.15, 0.2) is 36.8 Å². The van der Waals surface area contributed by atoms with Gasteiger partial charge in [-0.05, 0) is 53.3 Å². The normalized spacial score (nSPS) is 10.1. The lowest BCUT2D eigenvalue weighted by atomic mass is 10.3. The van der Waals surface area contributed by atoms with Crippen LogP contribution in [0.3, 0.4) is 0 Å². The molecule has 0 atom stereocenters. The molecule has 0 fully saturated rings. The number of rotatable bonds is 5. The second kappa shape index (κ2) is 6.53. The first-order valence-electron chi connectivity index (χ1n) is 5.66. The van der Waals surface area contributed by atoms with E-state index in [2.05, 4.69) is 39.5 Å². The van der Waals surface area contributed by atoms with E-state index in [1.54, 1.807) is 6.20 Å². The Kier molecular flexibility index (Phi) is 4.74. The molecule has 1 aromatic heterocycles. The minimum absolute atomic E-state index is 0.563. The maximum atomic E-state index is 5.65. The first-order valence-corrected chi connectivity index (χ1v) is 6.73. The van der Waals surface area contributed by atoms with Crippen LogP contribution in [0.1, 0.15) is 13.3 Å². The summed E-state index contributed by atoms with van der Waals surface area (Å²) in [5.74, 6) is 2.14. The Bertz CT molecular complexity index is 503. The summed E-state index contributed by atoms with van der Waals surface area (Å²) < 4.78 is 12.0. The molecule has 2 rings (SSSR count). The van der Waals surface area contributed by atoms with Gasteiger partial charge in [0.2, 0.25) is 5.88 Å². The van der Waals surface area contributed by atoms with Crippen molar-refractivity contribution in [2.24, 2.45) is 0 Å². The highest BCUT2D eigenvalue weighted by molar-refractivity contribution is 14.1. The Labute approximate surface area is 120 Å². The molecular formula is C13H13IN2O2. The standard InChI is InChI=1S/C13H13IN2O2/c1-2-7-17-10-3-5-11(6-4-10)18-13-12(14)8-15-9-16-13/h3-6,8-9H,2,7H2,1H3. The van der Waals surface area contributed by atoms with Gasteiger partial charge in [0.15, 0.2) is 0 Å². The maximum Gasteiger partial charge on any atom is 0.235 e. The summed E-state index contributed by atoms with van der Waals surface area (Å²) in [6.07, 6.45) is 4.18. The van der Waals surface area contributed by atoms with Crippen molar-refractivity contribution in [3.63, 3.8) is 0 Å². The van der Waals surface area contributed by atoms with Crippen molar-refractivity contribution < 1.29 is 9.47 Å². The molecule has 0 aliphatic heterocycles. The summed E-state index contributed by atoms with van der Waals surface area (Å²) in [4.78, 5) is 7.99. The van der Waals surface area contributed by atoms with Crippen LogP contribution in [0, 0.1) is 3.57 Å². The monoisotopic (exact) mass is 356 g/mol. The topological polar surface area (TPSA) is 44.2 Å². The molecule has 5 heteroatoms. The molecule has 0 spiro atoms. The molecule has 0 saturated heterocycles. The third kappa shape index (κ3) is 3.56. The molecule has 0 amide bonds. The van der Waals surface area contributed by atoms with Gasteiger partial charge < -0.3 is 9.47 Å². The molecule has 4 nitrogen and oxygen atoms in total. The van der Waals surface area contributed by atoms with Gasteiger partial charge in [-0.15, -0.1) is 0 Å². The third-order valence-corrected chi connectivity index (χ3v) is 2.88. The molecule has 0 bridgehead atoms. The Balaban J connectivity index is 2.04. The van der Waals surface area contributed by atoms with Crippen molar-refractivity contribution in [2.45, 2.75) is 13.3 Å². The lowest BCUT2D eigenvalue weighted by molar-refractivity contribution is 0.317. The number of ether oxygens (including phenoxy) is 2. The minimum Gasteiger partial charge on any atom is -0.494 e. The van der Waals surface area contributed by atoms with Crippen molar-refractivity contribution >= 4 is 22.6 Å². The van der Waals surface area contributed by atoms with Gasteiger partial charge in [-0.25, -0.2) is 9.97 Å². The highest BCUT2D eigenvalue weighted by atomic mass is 127. The number of hydrogen-bond acceptors (Lipinski definition) is 4. The molecule has 94 valence electrons. The van der Waals surface area contributed by atoms with E-state index in [0.29, 0.717) is 5.88 Å². The average molecular weight is 356 g/mol. The number of nitrogens with zero attached hydrogens (tertiary/aromatic N) is 2. The van der Waals surface area contributed by atoms with Crippen LogP contribution in [0.4, 0.5) is 0 Å². The molecule has 0 aliphatic carbocycles. The van der Waals surface area contributed by atoms with E-state index in [1.807, 2.05) is 24.3 Å². The van der Waals surface area contributed by atoms with Gasteiger partial charge in [0.1, 0.15) is 17.8 Å². The Morgan fingerprint density at radius 2 is 1.89 bits per heavy atom. The summed E-state index contributed by atoms with van der Waals surface area (Å²) in [7, 11) is 0. The molecular weight excluding hydrogens is 343 g/mol. The smallest absolute Gasteiger partial charge is 0.235 e. The van der Waals surface area contributed by atoms with E-state index in [9.17, 15) is 0 Å². The van der Waals surface area contributed by atoms with Crippen LogP contribution in [0.25, 0.3) is 0 Å². The van der Waals surface area contributed by atoms with Crippen LogP contribution >= 0.6 is 22.6 Å². The maximum absolute atomic E-state index is 5.65. The second-order valence-corrected chi connectivity index (χ2v) is 4.76. The fourth-order valence-electron chi connectivity index (χ4n) is 1.31. The molecule has 2 aromatic rings. The Morgan fingerprint density at radius 3 is 2.56 bits per heavy atom. The molecule has 0 N–H and O–H groups in total. The third-order valence-electron chi connectivity index (χ3n) is 2.14. The Morgan fingerprint density at radius 1 is 1.17 bits per heavy atom. The molecule has 0 aliphatic rings. The molecule has 0 saturated carbocycles. The number of halogens is 1. The van der Waals surface area contributed by atoms with E-state index in [4.69, 9.17) is 9.47 Å². The van der Waals surface area contributed by atoms with Gasteiger partial charge >= 0.3 is 0 Å². The van der Waals surface area contributed by atoms with Gasteiger partial charge in [0, 0.05) is 6.20 Å². The fourth-order valence-corrected chi connectivity index (χ4v) is 1.72. The Hall–Kier alpha value is -1.37. The van der Waals surface area contributed by atoms with Crippen LogP contribution in [-0.2, 0) is 0 Å². The van der Waals surface area contributed by atoms with Crippen LogP contribution < -0.4 is 9.47 Å². The lowest BCUT2D eigenvalue weighted by Gasteiger charge is -2.07. The van der Waals surface area contributed by atoms with Crippen molar-refractivity contribution in [1.29, 1.82) is 0 Å². The zero-order valence-corrected chi connectivity index (χ0v) is 12.1.